The molecule has 7 nitrogen and oxygen atoms in total. The molecule has 0 amide bonds. The van der Waals surface area contributed by atoms with Crippen LogP contribution in [0.25, 0.3) is 11.3 Å². The number of nitroso groups, excluding NO2 is 1. The average molecular weight is 389 g/mol. The van der Waals surface area contributed by atoms with E-state index in [0.717, 1.165) is 23.3 Å². The van der Waals surface area contributed by atoms with Crippen LogP contribution in [-0.2, 0) is 0 Å². The van der Waals surface area contributed by atoms with Gasteiger partial charge in [-0.25, -0.2) is 0 Å². The zero-order valence-electron chi connectivity index (χ0n) is 15.1. The summed E-state index contributed by atoms with van der Waals surface area (Å²) in [4.78, 5) is 15.6. The van der Waals surface area contributed by atoms with Gasteiger partial charge in [0.25, 0.3) is 0 Å². The Hall–Kier alpha value is -2.94. The minimum atomic E-state index is -0.539. The van der Waals surface area contributed by atoms with Gasteiger partial charge in [-0.05, 0) is 29.8 Å². The summed E-state index contributed by atoms with van der Waals surface area (Å²) in [6.45, 7) is 2.09. The number of hydrogen-bond acceptors (Lipinski definition) is 8. The predicted octanol–water partition coefficient (Wildman–Crippen LogP) is 3.74. The van der Waals surface area contributed by atoms with Crippen molar-refractivity contribution < 1.29 is 4.74 Å². The highest BCUT2D eigenvalue weighted by Gasteiger charge is 2.26. The number of nitrogens with zero attached hydrogens (tertiary/aromatic N) is 4. The van der Waals surface area contributed by atoms with E-state index >= 15 is 0 Å². The Morgan fingerprint density at radius 3 is 2.79 bits per heavy atom. The first-order valence-electron chi connectivity index (χ1n) is 8.82. The van der Waals surface area contributed by atoms with Crippen LogP contribution in [-0.4, -0.2) is 28.8 Å². The lowest BCUT2D eigenvalue weighted by Gasteiger charge is -2.19. The Bertz CT molecular complexity index is 1020. The van der Waals surface area contributed by atoms with E-state index in [1.165, 1.54) is 11.8 Å². The minimum Gasteiger partial charge on any atom is -0.448 e. The van der Waals surface area contributed by atoms with Gasteiger partial charge in [0, 0.05) is 22.6 Å². The van der Waals surface area contributed by atoms with Crippen molar-refractivity contribution in [2.45, 2.75) is 24.7 Å². The number of rotatable bonds is 5. The quantitative estimate of drug-likeness (QED) is 0.404. The molecule has 2 heterocycles. The molecule has 0 spiro atoms. The van der Waals surface area contributed by atoms with E-state index in [1.807, 2.05) is 12.1 Å². The van der Waals surface area contributed by atoms with Gasteiger partial charge in [0.2, 0.25) is 11.0 Å². The molecule has 1 aromatic heterocycles. The first kappa shape index (κ1) is 18.4. The van der Waals surface area contributed by atoms with Gasteiger partial charge in [0.15, 0.2) is 11.9 Å². The highest BCUT2D eigenvalue weighted by molar-refractivity contribution is 7.99. The van der Waals surface area contributed by atoms with Gasteiger partial charge in [-0.3, -0.25) is 0 Å². The van der Waals surface area contributed by atoms with Crippen molar-refractivity contribution >= 4 is 36.4 Å². The lowest BCUT2D eigenvalue weighted by molar-refractivity contribution is 0.225. The standard InChI is InChI=1S/C19H16BN5O2S/c1-2-9-28-19-22-18-16(23-24-19)14-8-7-13(25-26)10-15(14)21-17(27-18)11-3-5-12(20)6-4-11/h3-8,10,17,21H,2,9H2,1H3. The number of nitrogens with one attached hydrogen (secondary N) is 1. The summed E-state index contributed by atoms with van der Waals surface area (Å²) in [5.74, 6) is 1.28. The van der Waals surface area contributed by atoms with Crippen LogP contribution < -0.4 is 15.5 Å². The zero-order chi connectivity index (χ0) is 19.5. The molecule has 1 unspecified atom stereocenters. The lowest BCUT2D eigenvalue weighted by atomic mass is 9.95. The molecule has 9 heteroatoms. The van der Waals surface area contributed by atoms with Crippen LogP contribution in [0.1, 0.15) is 25.1 Å². The maximum Gasteiger partial charge on any atom is 0.247 e. The number of benzene rings is 2. The lowest BCUT2D eigenvalue weighted by Crippen LogP contribution is -2.18. The molecular formula is C19H16BN5O2S. The van der Waals surface area contributed by atoms with Gasteiger partial charge in [0.05, 0.1) is 0 Å². The van der Waals surface area contributed by atoms with Gasteiger partial charge in [-0.15, -0.1) is 15.1 Å². The van der Waals surface area contributed by atoms with Crippen molar-refractivity contribution in [2.24, 2.45) is 5.18 Å². The van der Waals surface area contributed by atoms with E-state index in [2.05, 4.69) is 32.6 Å². The fourth-order valence-electron chi connectivity index (χ4n) is 2.82. The SMILES string of the molecule is [B]c1ccc(C2Nc3cc(N=O)ccc3-c3nnc(SCCC)nc3O2)cc1. The second-order valence-electron chi connectivity index (χ2n) is 6.23. The summed E-state index contributed by atoms with van der Waals surface area (Å²) in [6, 6.07) is 12.4. The molecule has 1 aliphatic heterocycles. The molecule has 3 aromatic rings. The van der Waals surface area contributed by atoms with Crippen molar-refractivity contribution in [3.63, 3.8) is 0 Å². The van der Waals surface area contributed by atoms with E-state index < -0.39 is 6.23 Å². The Morgan fingerprint density at radius 1 is 1.21 bits per heavy atom. The third-order valence-corrected chi connectivity index (χ3v) is 5.23. The van der Waals surface area contributed by atoms with Crippen LogP contribution in [0.5, 0.6) is 5.88 Å². The molecule has 0 aliphatic carbocycles. The fraction of sp³-hybridized carbons (Fsp3) is 0.211. The topological polar surface area (TPSA) is 89.4 Å². The van der Waals surface area contributed by atoms with E-state index in [9.17, 15) is 4.91 Å². The molecule has 138 valence electrons. The Kier molecular flexibility index (Phi) is 5.25. The molecule has 28 heavy (non-hydrogen) atoms. The summed E-state index contributed by atoms with van der Waals surface area (Å²) in [5.41, 5.74) is 3.75. The van der Waals surface area contributed by atoms with E-state index in [0.29, 0.717) is 33.6 Å². The first-order chi connectivity index (χ1) is 13.7. The molecule has 1 atom stereocenters. The predicted molar refractivity (Wildman–Crippen MR) is 111 cm³/mol. The summed E-state index contributed by atoms with van der Waals surface area (Å²) in [6.07, 6.45) is 0.467. The number of fused-ring (bicyclic) bond motifs is 3. The second kappa shape index (κ2) is 7.98. The molecule has 4 rings (SSSR count). The second-order valence-corrected chi connectivity index (χ2v) is 7.29. The van der Waals surface area contributed by atoms with Gasteiger partial charge < -0.3 is 10.1 Å². The van der Waals surface area contributed by atoms with Crippen LogP contribution in [0.3, 0.4) is 0 Å². The van der Waals surface area contributed by atoms with Crippen molar-refractivity contribution in [3.05, 3.63) is 52.9 Å². The fourth-order valence-corrected chi connectivity index (χ4v) is 3.46. The van der Waals surface area contributed by atoms with Crippen molar-refractivity contribution in [2.75, 3.05) is 11.1 Å². The first-order valence-corrected chi connectivity index (χ1v) is 9.80. The van der Waals surface area contributed by atoms with Crippen LogP contribution in [0.2, 0.25) is 0 Å². The largest absolute Gasteiger partial charge is 0.448 e. The molecular weight excluding hydrogens is 373 g/mol. The summed E-state index contributed by atoms with van der Waals surface area (Å²) in [5, 5.41) is 15.4. The Balaban J connectivity index is 1.81. The van der Waals surface area contributed by atoms with Crippen molar-refractivity contribution in [1.82, 2.24) is 15.2 Å². The number of hydrogen-bond donors (Lipinski definition) is 1. The molecule has 1 aliphatic rings. The molecule has 2 radical (unpaired) electrons. The highest BCUT2D eigenvalue weighted by Crippen LogP contribution is 2.41. The van der Waals surface area contributed by atoms with Crippen LogP contribution >= 0.6 is 11.8 Å². The summed E-state index contributed by atoms with van der Waals surface area (Å²) < 4.78 is 6.17. The maximum absolute atomic E-state index is 11.0. The Labute approximate surface area is 167 Å². The summed E-state index contributed by atoms with van der Waals surface area (Å²) >= 11 is 1.53. The van der Waals surface area contributed by atoms with Crippen LogP contribution in [0, 0.1) is 4.91 Å². The van der Waals surface area contributed by atoms with E-state index in [1.54, 1.807) is 30.3 Å². The normalized spacial score (nSPS) is 14.8. The molecule has 2 aromatic carbocycles. The van der Waals surface area contributed by atoms with Gasteiger partial charge in [0.1, 0.15) is 13.5 Å². The molecule has 0 saturated heterocycles. The molecule has 1 N–H and O–H groups in total. The number of anilines is 1. The van der Waals surface area contributed by atoms with Crippen molar-refractivity contribution in [1.29, 1.82) is 0 Å². The maximum atomic E-state index is 11.0. The summed E-state index contributed by atoms with van der Waals surface area (Å²) in [7, 11) is 5.80. The average Bonchev–Trinajstić information content (AvgIpc) is 2.88. The van der Waals surface area contributed by atoms with Gasteiger partial charge in [-0.2, -0.15) is 4.98 Å². The molecule has 0 saturated carbocycles. The number of ether oxygens (including phenoxy) is 1. The van der Waals surface area contributed by atoms with E-state index in [-0.39, 0.29) is 0 Å². The smallest absolute Gasteiger partial charge is 0.247 e. The minimum absolute atomic E-state index is 0.307. The van der Waals surface area contributed by atoms with E-state index in [4.69, 9.17) is 12.6 Å². The number of thioether (sulfide) groups is 1. The van der Waals surface area contributed by atoms with Gasteiger partial charge >= 0.3 is 0 Å². The molecule has 0 fully saturated rings. The van der Waals surface area contributed by atoms with Crippen molar-refractivity contribution in [3.8, 4) is 17.1 Å². The monoisotopic (exact) mass is 389 g/mol. The third kappa shape index (κ3) is 3.70. The Morgan fingerprint density at radius 2 is 2.04 bits per heavy atom. The number of aromatic nitrogens is 3. The van der Waals surface area contributed by atoms with Crippen LogP contribution in [0.4, 0.5) is 11.4 Å². The molecule has 0 bridgehead atoms. The highest BCUT2D eigenvalue weighted by atomic mass is 32.2. The van der Waals surface area contributed by atoms with Crippen LogP contribution in [0.15, 0.2) is 52.8 Å². The zero-order valence-corrected chi connectivity index (χ0v) is 15.9. The van der Waals surface area contributed by atoms with Gasteiger partial charge in [-0.1, -0.05) is 48.4 Å². The third-order valence-electron chi connectivity index (χ3n) is 4.19.